The maximum atomic E-state index is 14.9. The molecule has 0 amide bonds. The molecule has 0 fully saturated rings. The number of hydrogen-bond acceptors (Lipinski definition) is 8. The molecule has 2 heterocycles. The largest absolute Gasteiger partial charge is 0.347 e. The van der Waals surface area contributed by atoms with Crippen molar-refractivity contribution in [2.75, 3.05) is 30.1 Å². The third-order valence-electron chi connectivity index (χ3n) is 4.07. The summed E-state index contributed by atoms with van der Waals surface area (Å²) in [4.78, 5) is 18.2. The summed E-state index contributed by atoms with van der Waals surface area (Å²) in [6, 6.07) is 2.15. The van der Waals surface area contributed by atoms with E-state index in [-0.39, 0.29) is 22.7 Å². The van der Waals surface area contributed by atoms with E-state index < -0.39 is 32.9 Å². The van der Waals surface area contributed by atoms with Gasteiger partial charge in [0.1, 0.15) is 28.9 Å². The second-order valence-electron chi connectivity index (χ2n) is 6.63. The van der Waals surface area contributed by atoms with E-state index in [9.17, 15) is 17.2 Å². The fraction of sp³-hybridized carbons (Fsp3) is 0.333. The fourth-order valence-corrected chi connectivity index (χ4v) is 4.18. The maximum absolute atomic E-state index is 14.9. The van der Waals surface area contributed by atoms with Crippen LogP contribution in [0.5, 0.6) is 0 Å². The average molecular weight is 422 g/mol. The number of sulfone groups is 1. The second-order valence-corrected chi connectivity index (χ2v) is 8.82. The SMILES string of the molecule is CCCS(=O)(=O)Cc1ccc(F)c(Nc2ncnc3cnc(N(C)C)nc23)c1F. The molecule has 154 valence electrons. The van der Waals surface area contributed by atoms with Crippen LogP contribution in [0.15, 0.2) is 24.7 Å². The lowest BCUT2D eigenvalue weighted by Gasteiger charge is -2.14. The Kier molecular flexibility index (Phi) is 5.87. The van der Waals surface area contributed by atoms with Crippen LogP contribution in [0.1, 0.15) is 18.9 Å². The van der Waals surface area contributed by atoms with Gasteiger partial charge in [0, 0.05) is 19.7 Å². The smallest absolute Gasteiger partial charge is 0.225 e. The topological polar surface area (TPSA) is 101 Å². The molecule has 0 saturated carbocycles. The molecule has 29 heavy (non-hydrogen) atoms. The van der Waals surface area contributed by atoms with Crippen molar-refractivity contribution in [2.24, 2.45) is 0 Å². The third-order valence-corrected chi connectivity index (χ3v) is 5.85. The van der Waals surface area contributed by atoms with E-state index in [1.165, 1.54) is 12.5 Å². The van der Waals surface area contributed by atoms with Gasteiger partial charge in [0.05, 0.1) is 17.7 Å². The number of rotatable bonds is 7. The summed E-state index contributed by atoms with van der Waals surface area (Å²) in [5.74, 6) is -2.01. The summed E-state index contributed by atoms with van der Waals surface area (Å²) in [6.45, 7) is 1.72. The molecule has 0 aliphatic heterocycles. The first-order chi connectivity index (χ1) is 13.7. The number of benzene rings is 1. The average Bonchev–Trinajstić information content (AvgIpc) is 2.67. The van der Waals surface area contributed by atoms with Gasteiger partial charge in [-0.1, -0.05) is 13.0 Å². The highest BCUT2D eigenvalue weighted by molar-refractivity contribution is 7.90. The molecule has 2 aromatic heterocycles. The lowest BCUT2D eigenvalue weighted by Crippen LogP contribution is -2.13. The van der Waals surface area contributed by atoms with Gasteiger partial charge in [0.25, 0.3) is 0 Å². The van der Waals surface area contributed by atoms with Crippen molar-refractivity contribution in [3.05, 3.63) is 41.9 Å². The first-order valence-corrected chi connectivity index (χ1v) is 10.6. The number of halogens is 2. The quantitative estimate of drug-likeness (QED) is 0.620. The molecule has 0 bridgehead atoms. The van der Waals surface area contributed by atoms with Gasteiger partial charge < -0.3 is 10.2 Å². The van der Waals surface area contributed by atoms with E-state index in [0.29, 0.717) is 17.9 Å². The highest BCUT2D eigenvalue weighted by Gasteiger charge is 2.20. The Morgan fingerprint density at radius 3 is 2.59 bits per heavy atom. The first-order valence-electron chi connectivity index (χ1n) is 8.81. The van der Waals surface area contributed by atoms with Crippen LogP contribution >= 0.6 is 0 Å². The molecule has 0 unspecified atom stereocenters. The van der Waals surface area contributed by atoms with E-state index in [2.05, 4.69) is 25.3 Å². The Hall–Kier alpha value is -2.95. The van der Waals surface area contributed by atoms with Gasteiger partial charge in [-0.2, -0.15) is 0 Å². The number of fused-ring (bicyclic) bond motifs is 1. The number of anilines is 3. The molecular weight excluding hydrogens is 402 g/mol. The summed E-state index contributed by atoms with van der Waals surface area (Å²) in [7, 11) is -0.00619. The highest BCUT2D eigenvalue weighted by atomic mass is 32.2. The summed E-state index contributed by atoms with van der Waals surface area (Å²) >= 11 is 0. The molecule has 8 nitrogen and oxygen atoms in total. The highest BCUT2D eigenvalue weighted by Crippen LogP contribution is 2.29. The third kappa shape index (κ3) is 4.56. The predicted octanol–water partition coefficient (Wildman–Crippen LogP) is 2.83. The van der Waals surface area contributed by atoms with Crippen LogP contribution in [-0.2, 0) is 15.6 Å². The Balaban J connectivity index is 2.04. The van der Waals surface area contributed by atoms with Crippen molar-refractivity contribution >= 4 is 38.3 Å². The van der Waals surface area contributed by atoms with Crippen LogP contribution in [0.2, 0.25) is 0 Å². The molecule has 0 saturated heterocycles. The monoisotopic (exact) mass is 422 g/mol. The molecule has 0 atom stereocenters. The zero-order valence-electron chi connectivity index (χ0n) is 16.1. The van der Waals surface area contributed by atoms with E-state index in [0.717, 1.165) is 12.1 Å². The van der Waals surface area contributed by atoms with Gasteiger partial charge in [0.15, 0.2) is 21.5 Å². The molecule has 1 aromatic carbocycles. The maximum Gasteiger partial charge on any atom is 0.225 e. The fourth-order valence-electron chi connectivity index (χ4n) is 2.71. The van der Waals surface area contributed by atoms with Crippen molar-refractivity contribution in [3.63, 3.8) is 0 Å². The number of hydrogen-bond donors (Lipinski definition) is 1. The van der Waals surface area contributed by atoms with Gasteiger partial charge in [0.2, 0.25) is 5.95 Å². The van der Waals surface area contributed by atoms with Crippen molar-refractivity contribution in [2.45, 2.75) is 19.1 Å². The molecule has 3 aromatic rings. The van der Waals surface area contributed by atoms with Crippen LogP contribution in [0, 0.1) is 11.6 Å². The zero-order chi connectivity index (χ0) is 21.2. The van der Waals surface area contributed by atoms with Gasteiger partial charge in [-0.25, -0.2) is 37.1 Å². The molecule has 0 aliphatic rings. The molecular formula is C18H20F2N6O2S. The number of aromatic nitrogens is 4. The normalized spacial score (nSPS) is 11.6. The van der Waals surface area contributed by atoms with Crippen LogP contribution in [-0.4, -0.2) is 48.2 Å². The molecule has 11 heteroatoms. The number of nitrogens with zero attached hydrogens (tertiary/aromatic N) is 5. The first kappa shape index (κ1) is 20.8. The Morgan fingerprint density at radius 2 is 1.90 bits per heavy atom. The molecule has 0 spiro atoms. The summed E-state index contributed by atoms with van der Waals surface area (Å²) in [5.41, 5.74) is 0.0353. The minimum absolute atomic E-state index is 0.0758. The van der Waals surface area contributed by atoms with Crippen LogP contribution in [0.4, 0.5) is 26.2 Å². The zero-order valence-corrected chi connectivity index (χ0v) is 17.0. The van der Waals surface area contributed by atoms with E-state index in [1.54, 1.807) is 25.9 Å². The molecule has 0 aliphatic carbocycles. The second kappa shape index (κ2) is 8.19. The Bertz CT molecular complexity index is 1150. The van der Waals surface area contributed by atoms with Crippen LogP contribution in [0.3, 0.4) is 0 Å². The minimum Gasteiger partial charge on any atom is -0.347 e. The van der Waals surface area contributed by atoms with Crippen LogP contribution in [0.25, 0.3) is 11.0 Å². The van der Waals surface area contributed by atoms with E-state index >= 15 is 0 Å². The summed E-state index contributed by atoms with van der Waals surface area (Å²) < 4.78 is 53.4. The Labute approximate surface area is 167 Å². The van der Waals surface area contributed by atoms with Crippen molar-refractivity contribution in [1.29, 1.82) is 0 Å². The minimum atomic E-state index is -3.50. The summed E-state index contributed by atoms with van der Waals surface area (Å²) in [6.07, 6.45) is 3.11. The van der Waals surface area contributed by atoms with Gasteiger partial charge in [-0.15, -0.1) is 0 Å². The van der Waals surface area contributed by atoms with E-state index in [1.807, 2.05) is 0 Å². The summed E-state index contributed by atoms with van der Waals surface area (Å²) in [5, 5.41) is 2.60. The van der Waals surface area contributed by atoms with E-state index in [4.69, 9.17) is 0 Å². The van der Waals surface area contributed by atoms with Crippen molar-refractivity contribution < 1.29 is 17.2 Å². The van der Waals surface area contributed by atoms with Gasteiger partial charge >= 0.3 is 0 Å². The number of nitrogens with one attached hydrogen (secondary N) is 1. The molecule has 3 rings (SSSR count). The molecule has 1 N–H and O–H groups in total. The lowest BCUT2D eigenvalue weighted by atomic mass is 10.2. The van der Waals surface area contributed by atoms with Crippen molar-refractivity contribution in [3.8, 4) is 0 Å². The van der Waals surface area contributed by atoms with Crippen LogP contribution < -0.4 is 10.2 Å². The molecule has 0 radical (unpaired) electrons. The Morgan fingerprint density at radius 1 is 1.14 bits per heavy atom. The van der Waals surface area contributed by atoms with Gasteiger partial charge in [-0.05, 0) is 12.5 Å². The standard InChI is InChI=1S/C18H20F2N6O2S/c1-4-7-29(27,28)9-11-5-6-12(19)15(14(11)20)24-17-16-13(22-10-23-17)8-21-18(25-16)26(2)3/h5-6,8,10H,4,7,9H2,1-3H3,(H,22,23,24). The van der Waals surface area contributed by atoms with Crippen molar-refractivity contribution in [1.82, 2.24) is 19.9 Å². The lowest BCUT2D eigenvalue weighted by molar-refractivity contribution is 0.574. The van der Waals surface area contributed by atoms with Gasteiger partial charge in [-0.3, -0.25) is 0 Å². The predicted molar refractivity (Wildman–Crippen MR) is 107 cm³/mol.